The standard InChI is InChI=1S/C13H22N2O2/c1-11(12-6-4-5-7-14-12)15(3)8-13(2,9-16)10-17/h4-7,11,16-17H,8-10H2,1-3H3. The Morgan fingerprint density at radius 1 is 1.35 bits per heavy atom. The molecule has 4 nitrogen and oxygen atoms in total. The molecule has 0 fully saturated rings. The summed E-state index contributed by atoms with van der Waals surface area (Å²) < 4.78 is 0. The van der Waals surface area contributed by atoms with Crippen molar-refractivity contribution < 1.29 is 10.2 Å². The maximum atomic E-state index is 9.28. The maximum absolute atomic E-state index is 9.28. The van der Waals surface area contributed by atoms with E-state index in [2.05, 4.69) is 16.8 Å². The van der Waals surface area contributed by atoms with Gasteiger partial charge in [-0.2, -0.15) is 0 Å². The van der Waals surface area contributed by atoms with E-state index in [9.17, 15) is 10.2 Å². The van der Waals surface area contributed by atoms with Gasteiger partial charge in [-0.1, -0.05) is 13.0 Å². The van der Waals surface area contributed by atoms with Gasteiger partial charge < -0.3 is 10.2 Å². The fourth-order valence-electron chi connectivity index (χ4n) is 1.74. The van der Waals surface area contributed by atoms with Crippen LogP contribution < -0.4 is 0 Å². The van der Waals surface area contributed by atoms with Crippen molar-refractivity contribution in [1.82, 2.24) is 9.88 Å². The van der Waals surface area contributed by atoms with Crippen LogP contribution in [0.4, 0.5) is 0 Å². The normalized spacial score (nSPS) is 14.0. The van der Waals surface area contributed by atoms with E-state index in [1.165, 1.54) is 0 Å². The highest BCUT2D eigenvalue weighted by Gasteiger charge is 2.26. The molecule has 1 aromatic heterocycles. The van der Waals surface area contributed by atoms with Gasteiger partial charge in [-0.15, -0.1) is 0 Å². The van der Waals surface area contributed by atoms with Crippen molar-refractivity contribution in [3.8, 4) is 0 Å². The molecule has 96 valence electrons. The number of hydrogen-bond donors (Lipinski definition) is 2. The van der Waals surface area contributed by atoms with E-state index in [4.69, 9.17) is 0 Å². The third-order valence-corrected chi connectivity index (χ3v) is 3.17. The maximum Gasteiger partial charge on any atom is 0.0572 e. The number of aliphatic hydroxyl groups is 2. The molecule has 1 aromatic rings. The van der Waals surface area contributed by atoms with Crippen LogP contribution in [0.2, 0.25) is 0 Å². The summed E-state index contributed by atoms with van der Waals surface area (Å²) in [5.74, 6) is 0. The van der Waals surface area contributed by atoms with E-state index in [0.29, 0.717) is 6.54 Å². The van der Waals surface area contributed by atoms with Crippen molar-refractivity contribution in [2.24, 2.45) is 5.41 Å². The minimum atomic E-state index is -0.474. The molecule has 0 aliphatic rings. The Balaban J connectivity index is 2.68. The summed E-state index contributed by atoms with van der Waals surface area (Å²) in [5, 5.41) is 18.6. The number of aromatic nitrogens is 1. The van der Waals surface area contributed by atoms with Crippen LogP contribution >= 0.6 is 0 Å². The highest BCUT2D eigenvalue weighted by atomic mass is 16.3. The first kappa shape index (κ1) is 14.1. The smallest absolute Gasteiger partial charge is 0.0572 e. The van der Waals surface area contributed by atoms with Gasteiger partial charge in [0.1, 0.15) is 0 Å². The van der Waals surface area contributed by atoms with Gasteiger partial charge in [-0.25, -0.2) is 0 Å². The zero-order valence-corrected chi connectivity index (χ0v) is 10.8. The third-order valence-electron chi connectivity index (χ3n) is 3.17. The molecule has 0 spiro atoms. The first-order chi connectivity index (χ1) is 8.02. The van der Waals surface area contributed by atoms with Crippen molar-refractivity contribution in [2.75, 3.05) is 26.8 Å². The third kappa shape index (κ3) is 3.77. The van der Waals surface area contributed by atoms with Crippen LogP contribution in [0.15, 0.2) is 24.4 Å². The van der Waals surface area contributed by atoms with Gasteiger partial charge in [0.15, 0.2) is 0 Å². The van der Waals surface area contributed by atoms with E-state index in [-0.39, 0.29) is 19.3 Å². The van der Waals surface area contributed by atoms with Gasteiger partial charge in [0.2, 0.25) is 0 Å². The predicted octanol–water partition coefficient (Wildman–Crippen LogP) is 1.07. The lowest BCUT2D eigenvalue weighted by Crippen LogP contribution is -2.40. The Morgan fingerprint density at radius 2 is 2.00 bits per heavy atom. The lowest BCUT2D eigenvalue weighted by atomic mass is 9.92. The molecule has 1 atom stereocenters. The molecule has 0 bridgehead atoms. The monoisotopic (exact) mass is 238 g/mol. The molecule has 0 saturated carbocycles. The Labute approximate surface area is 103 Å². The van der Waals surface area contributed by atoms with E-state index >= 15 is 0 Å². The highest BCUT2D eigenvalue weighted by molar-refractivity contribution is 5.07. The molecule has 0 radical (unpaired) electrons. The predicted molar refractivity (Wildman–Crippen MR) is 67.6 cm³/mol. The first-order valence-electron chi connectivity index (χ1n) is 5.85. The summed E-state index contributed by atoms with van der Waals surface area (Å²) in [6, 6.07) is 6.00. The molecule has 0 saturated heterocycles. The molecule has 1 rings (SSSR count). The van der Waals surface area contributed by atoms with Crippen molar-refractivity contribution >= 4 is 0 Å². The lowest BCUT2D eigenvalue weighted by molar-refractivity contribution is 0.0322. The second-order valence-corrected chi connectivity index (χ2v) is 4.97. The van der Waals surface area contributed by atoms with Crippen LogP contribution in [0, 0.1) is 5.41 Å². The van der Waals surface area contributed by atoms with Gasteiger partial charge >= 0.3 is 0 Å². The summed E-state index contributed by atoms with van der Waals surface area (Å²) in [5.41, 5.74) is 0.519. The van der Waals surface area contributed by atoms with Gasteiger partial charge in [0, 0.05) is 24.2 Å². The summed E-state index contributed by atoms with van der Waals surface area (Å²) in [6.45, 7) is 4.51. The number of pyridine rings is 1. The molecule has 1 unspecified atom stereocenters. The zero-order valence-electron chi connectivity index (χ0n) is 10.8. The minimum Gasteiger partial charge on any atom is -0.396 e. The minimum absolute atomic E-state index is 0.0250. The molecule has 0 aromatic carbocycles. The van der Waals surface area contributed by atoms with E-state index in [1.54, 1.807) is 6.20 Å². The molecule has 17 heavy (non-hydrogen) atoms. The van der Waals surface area contributed by atoms with E-state index in [0.717, 1.165) is 5.69 Å². The summed E-state index contributed by atoms with van der Waals surface area (Å²) in [4.78, 5) is 6.41. The van der Waals surface area contributed by atoms with Gasteiger partial charge in [-0.3, -0.25) is 9.88 Å². The molecule has 2 N–H and O–H groups in total. The lowest BCUT2D eigenvalue weighted by Gasteiger charge is -2.33. The Morgan fingerprint density at radius 3 is 2.47 bits per heavy atom. The number of aliphatic hydroxyl groups excluding tert-OH is 2. The molecule has 0 amide bonds. The Bertz CT molecular complexity index is 325. The van der Waals surface area contributed by atoms with Gasteiger partial charge in [0.25, 0.3) is 0 Å². The molecular weight excluding hydrogens is 216 g/mol. The number of hydrogen-bond acceptors (Lipinski definition) is 4. The second kappa shape index (κ2) is 6.10. The summed E-state index contributed by atoms with van der Waals surface area (Å²) in [7, 11) is 1.98. The van der Waals surface area contributed by atoms with Crippen LogP contribution in [0.5, 0.6) is 0 Å². The fraction of sp³-hybridized carbons (Fsp3) is 0.615. The van der Waals surface area contributed by atoms with Crippen LogP contribution in [-0.2, 0) is 0 Å². The quantitative estimate of drug-likeness (QED) is 0.778. The molecular formula is C13H22N2O2. The molecule has 1 heterocycles. The van der Waals surface area contributed by atoms with E-state index < -0.39 is 5.41 Å². The highest BCUT2D eigenvalue weighted by Crippen LogP contribution is 2.22. The Kier molecular flexibility index (Phi) is 5.05. The second-order valence-electron chi connectivity index (χ2n) is 4.97. The Hall–Kier alpha value is -0.970. The van der Waals surface area contributed by atoms with Crippen LogP contribution in [-0.4, -0.2) is 46.9 Å². The topological polar surface area (TPSA) is 56.6 Å². The number of nitrogens with zero attached hydrogens (tertiary/aromatic N) is 2. The first-order valence-corrected chi connectivity index (χ1v) is 5.85. The van der Waals surface area contributed by atoms with Crippen LogP contribution in [0.3, 0.4) is 0 Å². The average Bonchev–Trinajstić information content (AvgIpc) is 2.38. The van der Waals surface area contributed by atoms with Gasteiger partial charge in [-0.05, 0) is 26.1 Å². The molecule has 0 aliphatic heterocycles. The fourth-order valence-corrected chi connectivity index (χ4v) is 1.74. The SMILES string of the molecule is CC(c1ccccn1)N(C)CC(C)(CO)CO. The molecule has 4 heteroatoms. The molecule has 0 aliphatic carbocycles. The largest absolute Gasteiger partial charge is 0.396 e. The van der Waals surface area contributed by atoms with Crippen LogP contribution in [0.1, 0.15) is 25.6 Å². The van der Waals surface area contributed by atoms with Gasteiger partial charge in [0.05, 0.1) is 18.9 Å². The summed E-state index contributed by atoms with van der Waals surface area (Å²) >= 11 is 0. The average molecular weight is 238 g/mol. The number of rotatable bonds is 6. The zero-order chi connectivity index (χ0) is 12.9. The van der Waals surface area contributed by atoms with Crippen molar-refractivity contribution in [3.05, 3.63) is 30.1 Å². The van der Waals surface area contributed by atoms with Crippen molar-refractivity contribution in [2.45, 2.75) is 19.9 Å². The van der Waals surface area contributed by atoms with Crippen molar-refractivity contribution in [1.29, 1.82) is 0 Å². The van der Waals surface area contributed by atoms with Crippen LogP contribution in [0.25, 0.3) is 0 Å². The van der Waals surface area contributed by atoms with Crippen molar-refractivity contribution in [3.63, 3.8) is 0 Å². The summed E-state index contributed by atoms with van der Waals surface area (Å²) in [6.07, 6.45) is 1.77. The van der Waals surface area contributed by atoms with E-state index in [1.807, 2.05) is 32.2 Å².